The molecule has 0 aliphatic carbocycles. The van der Waals surface area contributed by atoms with Gasteiger partial charge in [0.05, 0.1) is 22.4 Å². The third-order valence-corrected chi connectivity index (χ3v) is 6.13. The molecule has 130 valence electrons. The highest BCUT2D eigenvalue weighted by molar-refractivity contribution is 7.21. The van der Waals surface area contributed by atoms with Crippen molar-refractivity contribution in [3.05, 3.63) is 42.0 Å². The number of para-hydroxylation sites is 1. The molecule has 0 N–H and O–H groups in total. The topological polar surface area (TPSA) is 25.4 Å². The molecule has 3 nitrogen and oxygen atoms in total. The molecule has 0 amide bonds. The molecule has 1 aromatic heterocycles. The quantitative estimate of drug-likeness (QED) is 0.618. The van der Waals surface area contributed by atoms with Gasteiger partial charge < -0.3 is 9.64 Å². The summed E-state index contributed by atoms with van der Waals surface area (Å²) in [5.41, 5.74) is 4.84. The molecule has 0 saturated heterocycles. The van der Waals surface area contributed by atoms with E-state index >= 15 is 0 Å². The van der Waals surface area contributed by atoms with Crippen LogP contribution >= 0.6 is 11.3 Å². The van der Waals surface area contributed by atoms with Crippen LogP contribution in [0, 0.1) is 0 Å². The van der Waals surface area contributed by atoms with Crippen molar-refractivity contribution in [2.75, 3.05) is 18.6 Å². The van der Waals surface area contributed by atoms with E-state index in [9.17, 15) is 0 Å². The Labute approximate surface area is 153 Å². The lowest BCUT2D eigenvalue weighted by Crippen LogP contribution is -2.33. The van der Waals surface area contributed by atoms with Crippen LogP contribution in [0.5, 0.6) is 5.75 Å². The molecule has 2 heterocycles. The Morgan fingerprint density at radius 3 is 2.88 bits per heavy atom. The zero-order valence-electron chi connectivity index (χ0n) is 15.1. The Bertz CT molecular complexity index is 869. The van der Waals surface area contributed by atoms with Gasteiger partial charge in [-0.25, -0.2) is 4.98 Å². The van der Waals surface area contributed by atoms with Crippen LogP contribution in [0.3, 0.4) is 0 Å². The van der Waals surface area contributed by atoms with E-state index in [1.165, 1.54) is 16.0 Å². The molecule has 1 aliphatic rings. The maximum absolute atomic E-state index is 6.26. The molecular weight excluding hydrogens is 328 g/mol. The largest absolute Gasteiger partial charge is 0.492 e. The minimum Gasteiger partial charge on any atom is -0.492 e. The smallest absolute Gasteiger partial charge is 0.134 e. The average Bonchev–Trinajstić information content (AvgIpc) is 3.06. The van der Waals surface area contributed by atoms with Gasteiger partial charge in [0.25, 0.3) is 0 Å². The first-order valence-electron chi connectivity index (χ1n) is 9.06. The van der Waals surface area contributed by atoms with Gasteiger partial charge in [-0.1, -0.05) is 19.1 Å². The van der Waals surface area contributed by atoms with Gasteiger partial charge in [0, 0.05) is 24.3 Å². The number of hydrogen-bond donors (Lipinski definition) is 0. The Balaban J connectivity index is 1.86. The zero-order valence-corrected chi connectivity index (χ0v) is 15.9. The molecule has 4 heteroatoms. The van der Waals surface area contributed by atoms with Crippen molar-refractivity contribution in [1.82, 2.24) is 4.98 Å². The van der Waals surface area contributed by atoms with E-state index in [0.29, 0.717) is 6.04 Å². The maximum atomic E-state index is 6.26. The lowest BCUT2D eigenvalue weighted by atomic mass is 9.94. The second kappa shape index (κ2) is 6.68. The summed E-state index contributed by atoms with van der Waals surface area (Å²) in [4.78, 5) is 7.23. The molecule has 4 rings (SSSR count). The minimum atomic E-state index is 0.569. The van der Waals surface area contributed by atoms with Crippen molar-refractivity contribution in [3.8, 4) is 16.3 Å². The molecule has 1 unspecified atom stereocenters. The minimum absolute atomic E-state index is 0.569. The van der Waals surface area contributed by atoms with Gasteiger partial charge >= 0.3 is 0 Å². The molecule has 1 atom stereocenters. The molecule has 0 bridgehead atoms. The van der Waals surface area contributed by atoms with E-state index in [1.807, 2.05) is 6.07 Å². The number of benzene rings is 2. The SMILES string of the molecule is CCCOc1c(-c2nc3ccccc3s2)ccc2c1CCC(C)N2C. The Hall–Kier alpha value is -2.07. The molecule has 0 spiro atoms. The first-order valence-corrected chi connectivity index (χ1v) is 9.88. The Morgan fingerprint density at radius 1 is 1.24 bits per heavy atom. The summed E-state index contributed by atoms with van der Waals surface area (Å²) in [6.45, 7) is 5.19. The van der Waals surface area contributed by atoms with Crippen molar-refractivity contribution in [1.29, 1.82) is 0 Å². The fourth-order valence-corrected chi connectivity index (χ4v) is 4.49. The first kappa shape index (κ1) is 16.4. The summed E-state index contributed by atoms with van der Waals surface area (Å²) >= 11 is 1.75. The number of thiazole rings is 1. The molecule has 0 radical (unpaired) electrons. The average molecular weight is 353 g/mol. The van der Waals surface area contributed by atoms with Crippen LogP contribution < -0.4 is 9.64 Å². The van der Waals surface area contributed by atoms with E-state index in [0.717, 1.165) is 47.7 Å². The van der Waals surface area contributed by atoms with E-state index in [1.54, 1.807) is 11.3 Å². The van der Waals surface area contributed by atoms with Gasteiger partial charge in [-0.05, 0) is 50.5 Å². The van der Waals surface area contributed by atoms with Gasteiger partial charge in [0.15, 0.2) is 0 Å². The first-order chi connectivity index (χ1) is 12.2. The highest BCUT2D eigenvalue weighted by Gasteiger charge is 2.26. The standard InChI is InChI=1S/C21H24N2OS/c1-4-13-24-20-15-10-9-14(2)23(3)18(15)12-11-16(20)21-22-17-7-5-6-8-19(17)25-21/h5-8,11-12,14H,4,9-10,13H2,1-3H3. The van der Waals surface area contributed by atoms with Gasteiger partial charge in [0.2, 0.25) is 0 Å². The maximum Gasteiger partial charge on any atom is 0.134 e. The van der Waals surface area contributed by atoms with Crippen LogP contribution in [0.2, 0.25) is 0 Å². The number of nitrogens with zero attached hydrogens (tertiary/aromatic N) is 2. The van der Waals surface area contributed by atoms with Crippen molar-refractivity contribution < 1.29 is 4.74 Å². The number of aromatic nitrogens is 1. The monoisotopic (exact) mass is 352 g/mol. The van der Waals surface area contributed by atoms with Crippen molar-refractivity contribution in [2.45, 2.75) is 39.2 Å². The van der Waals surface area contributed by atoms with Gasteiger partial charge in [-0.3, -0.25) is 0 Å². The van der Waals surface area contributed by atoms with Crippen LogP contribution in [-0.2, 0) is 6.42 Å². The Morgan fingerprint density at radius 2 is 2.08 bits per heavy atom. The molecule has 3 aromatic rings. The zero-order chi connectivity index (χ0) is 17.4. The second-order valence-electron chi connectivity index (χ2n) is 6.77. The summed E-state index contributed by atoms with van der Waals surface area (Å²) in [7, 11) is 2.18. The molecule has 25 heavy (non-hydrogen) atoms. The van der Waals surface area contributed by atoms with E-state index in [2.05, 4.69) is 56.1 Å². The van der Waals surface area contributed by atoms with Crippen LogP contribution in [0.4, 0.5) is 5.69 Å². The summed E-state index contributed by atoms with van der Waals surface area (Å²) in [6.07, 6.45) is 3.24. The van der Waals surface area contributed by atoms with Gasteiger partial charge in [0.1, 0.15) is 10.8 Å². The number of ether oxygens (including phenoxy) is 1. The lowest BCUT2D eigenvalue weighted by Gasteiger charge is -2.35. The summed E-state index contributed by atoms with van der Waals surface area (Å²) in [6, 6.07) is 13.3. The third-order valence-electron chi connectivity index (χ3n) is 5.06. The summed E-state index contributed by atoms with van der Waals surface area (Å²) in [5.74, 6) is 1.04. The second-order valence-corrected chi connectivity index (χ2v) is 7.80. The van der Waals surface area contributed by atoms with E-state index in [4.69, 9.17) is 9.72 Å². The number of anilines is 1. The van der Waals surface area contributed by atoms with Crippen molar-refractivity contribution >= 4 is 27.2 Å². The van der Waals surface area contributed by atoms with Crippen LogP contribution in [0.25, 0.3) is 20.8 Å². The van der Waals surface area contributed by atoms with E-state index < -0.39 is 0 Å². The Kier molecular flexibility index (Phi) is 4.38. The number of rotatable bonds is 4. The van der Waals surface area contributed by atoms with Gasteiger partial charge in [-0.2, -0.15) is 0 Å². The van der Waals surface area contributed by atoms with Gasteiger partial charge in [-0.15, -0.1) is 11.3 Å². The number of fused-ring (bicyclic) bond motifs is 2. The molecule has 0 saturated carbocycles. The predicted molar refractivity (Wildman–Crippen MR) is 107 cm³/mol. The lowest BCUT2D eigenvalue weighted by molar-refractivity contribution is 0.314. The van der Waals surface area contributed by atoms with Crippen molar-refractivity contribution in [2.24, 2.45) is 0 Å². The van der Waals surface area contributed by atoms with Crippen LogP contribution in [-0.4, -0.2) is 24.7 Å². The summed E-state index contributed by atoms with van der Waals surface area (Å²) < 4.78 is 7.48. The van der Waals surface area contributed by atoms with E-state index in [-0.39, 0.29) is 0 Å². The summed E-state index contributed by atoms with van der Waals surface area (Å²) in [5, 5.41) is 1.05. The third kappa shape index (κ3) is 2.89. The molecule has 0 fully saturated rings. The van der Waals surface area contributed by atoms with Crippen LogP contribution in [0.15, 0.2) is 36.4 Å². The molecule has 1 aliphatic heterocycles. The predicted octanol–water partition coefficient (Wildman–Crippen LogP) is 5.52. The highest BCUT2D eigenvalue weighted by atomic mass is 32.1. The fourth-order valence-electron chi connectivity index (χ4n) is 3.50. The number of hydrogen-bond acceptors (Lipinski definition) is 4. The highest BCUT2D eigenvalue weighted by Crippen LogP contribution is 2.44. The van der Waals surface area contributed by atoms with Crippen LogP contribution in [0.1, 0.15) is 32.3 Å². The normalized spacial score (nSPS) is 16.9. The molecular formula is C21H24N2OS. The van der Waals surface area contributed by atoms with Crippen molar-refractivity contribution in [3.63, 3.8) is 0 Å². The fraction of sp³-hybridized carbons (Fsp3) is 0.381. The molecule has 2 aromatic carbocycles.